The Morgan fingerprint density at radius 2 is 1.73 bits per heavy atom. The Morgan fingerprint density at radius 1 is 1.08 bits per heavy atom. The van der Waals surface area contributed by atoms with Gasteiger partial charge in [-0.05, 0) is 42.6 Å². The van der Waals surface area contributed by atoms with Gasteiger partial charge in [0.25, 0.3) is 0 Å². The van der Waals surface area contributed by atoms with E-state index in [0.717, 1.165) is 29.8 Å². The Kier molecular flexibility index (Phi) is 7.67. The lowest BCUT2D eigenvalue weighted by atomic mass is 9.97. The molecule has 2 aromatic rings. The first kappa shape index (κ1) is 20.0. The second-order valence-corrected chi connectivity index (χ2v) is 7.18. The van der Waals surface area contributed by atoms with Crippen LogP contribution in [0.5, 0.6) is 5.75 Å². The molecule has 0 aliphatic rings. The van der Waals surface area contributed by atoms with E-state index in [9.17, 15) is 4.79 Å². The van der Waals surface area contributed by atoms with Crippen LogP contribution >= 0.6 is 0 Å². The molecule has 0 aliphatic heterocycles. The summed E-state index contributed by atoms with van der Waals surface area (Å²) in [4.78, 5) is 14.6. The van der Waals surface area contributed by atoms with Gasteiger partial charge in [0.1, 0.15) is 5.75 Å². The third-order valence-corrected chi connectivity index (χ3v) is 4.27. The molecule has 4 heteroatoms. The fourth-order valence-electron chi connectivity index (χ4n) is 3.02. The van der Waals surface area contributed by atoms with Gasteiger partial charge < -0.3 is 10.1 Å². The molecule has 1 amide bonds. The van der Waals surface area contributed by atoms with Crippen LogP contribution in [-0.4, -0.2) is 31.5 Å². The van der Waals surface area contributed by atoms with Crippen molar-refractivity contribution in [2.45, 2.75) is 32.9 Å². The zero-order chi connectivity index (χ0) is 18.9. The van der Waals surface area contributed by atoms with Gasteiger partial charge in [0.15, 0.2) is 0 Å². The van der Waals surface area contributed by atoms with Gasteiger partial charge in [0, 0.05) is 6.54 Å². The minimum atomic E-state index is 0.0514. The van der Waals surface area contributed by atoms with E-state index in [4.69, 9.17) is 4.74 Å². The van der Waals surface area contributed by atoms with Crippen LogP contribution in [0.15, 0.2) is 54.6 Å². The third kappa shape index (κ3) is 6.52. The zero-order valence-corrected chi connectivity index (χ0v) is 16.2. The summed E-state index contributed by atoms with van der Waals surface area (Å²) in [5, 5.41) is 3.20. The van der Waals surface area contributed by atoms with Crippen LogP contribution < -0.4 is 10.1 Å². The fourth-order valence-corrected chi connectivity index (χ4v) is 3.02. The normalized spacial score (nSPS) is 12.2. The van der Waals surface area contributed by atoms with E-state index in [1.807, 2.05) is 54.4 Å². The highest BCUT2D eigenvalue weighted by Crippen LogP contribution is 2.21. The van der Waals surface area contributed by atoms with Crippen molar-refractivity contribution in [3.8, 4) is 5.75 Å². The lowest BCUT2D eigenvalue weighted by Crippen LogP contribution is -2.37. The summed E-state index contributed by atoms with van der Waals surface area (Å²) in [5.41, 5.74) is 2.32. The number of carbonyl (C=O) groups excluding carboxylic acids is 1. The lowest BCUT2D eigenvalue weighted by molar-refractivity contribution is -0.122. The van der Waals surface area contributed by atoms with Gasteiger partial charge in [0.2, 0.25) is 5.91 Å². The summed E-state index contributed by atoms with van der Waals surface area (Å²) in [6.07, 6.45) is 0.929. The molecule has 4 nitrogen and oxygen atoms in total. The summed E-state index contributed by atoms with van der Waals surface area (Å²) in [5.74, 6) is 1.40. The first-order chi connectivity index (χ1) is 12.5. The van der Waals surface area contributed by atoms with Crippen molar-refractivity contribution in [3.63, 3.8) is 0 Å². The molecule has 0 spiro atoms. The molecule has 140 valence electrons. The Labute approximate surface area is 157 Å². The maximum atomic E-state index is 12.5. The number of nitrogens with one attached hydrogen (secondary N) is 1. The molecule has 0 bridgehead atoms. The van der Waals surface area contributed by atoms with E-state index in [-0.39, 0.29) is 11.9 Å². The highest BCUT2D eigenvalue weighted by Gasteiger charge is 2.17. The van der Waals surface area contributed by atoms with Gasteiger partial charge in [-0.2, -0.15) is 0 Å². The molecule has 1 N–H and O–H groups in total. The third-order valence-electron chi connectivity index (χ3n) is 4.27. The van der Waals surface area contributed by atoms with Gasteiger partial charge in [-0.25, -0.2) is 0 Å². The van der Waals surface area contributed by atoms with Crippen molar-refractivity contribution >= 4 is 5.91 Å². The molecule has 0 aromatic heterocycles. The van der Waals surface area contributed by atoms with Gasteiger partial charge >= 0.3 is 0 Å². The minimum Gasteiger partial charge on any atom is -0.497 e. The van der Waals surface area contributed by atoms with Crippen LogP contribution in [-0.2, 0) is 11.3 Å². The monoisotopic (exact) mass is 354 g/mol. The summed E-state index contributed by atoms with van der Waals surface area (Å²) in [7, 11) is 3.62. The van der Waals surface area contributed by atoms with Gasteiger partial charge in [0.05, 0.1) is 19.7 Å². The summed E-state index contributed by atoms with van der Waals surface area (Å²) >= 11 is 0. The minimum absolute atomic E-state index is 0.0514. The molecule has 0 saturated carbocycles. The molecule has 26 heavy (non-hydrogen) atoms. The molecule has 0 radical (unpaired) electrons. The van der Waals surface area contributed by atoms with Crippen LogP contribution in [0.25, 0.3) is 0 Å². The average Bonchev–Trinajstić information content (AvgIpc) is 2.62. The van der Waals surface area contributed by atoms with Crippen LogP contribution in [0.4, 0.5) is 0 Å². The molecule has 0 aliphatic carbocycles. The zero-order valence-electron chi connectivity index (χ0n) is 16.2. The highest BCUT2D eigenvalue weighted by molar-refractivity contribution is 5.78. The van der Waals surface area contributed by atoms with Crippen LogP contribution in [0.1, 0.15) is 37.4 Å². The van der Waals surface area contributed by atoms with Crippen molar-refractivity contribution in [1.29, 1.82) is 0 Å². The Bertz CT molecular complexity index is 668. The Balaban J connectivity index is 1.91. The standard InChI is InChI=1S/C22H30N2O2/c1-17(2)14-21(19-8-6-5-7-9-19)23-22(25)16-24(3)15-18-10-12-20(26-4)13-11-18/h5-13,17,21H,14-16H2,1-4H3,(H,23,25)/t21-/m1/s1. The second kappa shape index (κ2) is 9.97. The van der Waals surface area contributed by atoms with Gasteiger partial charge in [-0.1, -0.05) is 56.3 Å². The Hall–Kier alpha value is -2.33. The summed E-state index contributed by atoms with van der Waals surface area (Å²) in [6, 6.07) is 18.2. The van der Waals surface area contributed by atoms with E-state index in [1.54, 1.807) is 7.11 Å². The Morgan fingerprint density at radius 3 is 2.31 bits per heavy atom. The largest absolute Gasteiger partial charge is 0.497 e. The average molecular weight is 354 g/mol. The van der Waals surface area contributed by atoms with E-state index in [1.165, 1.54) is 0 Å². The predicted octanol–water partition coefficient (Wildman–Crippen LogP) is 4.03. The molecular formula is C22H30N2O2. The maximum absolute atomic E-state index is 12.5. The van der Waals surface area contributed by atoms with E-state index >= 15 is 0 Å². The molecular weight excluding hydrogens is 324 g/mol. The molecule has 0 fully saturated rings. The second-order valence-electron chi connectivity index (χ2n) is 7.18. The van der Waals surface area contributed by atoms with Crippen LogP contribution in [0, 0.1) is 5.92 Å². The number of likely N-dealkylation sites (N-methyl/N-ethyl adjacent to an activating group) is 1. The highest BCUT2D eigenvalue weighted by atomic mass is 16.5. The number of hydrogen-bond acceptors (Lipinski definition) is 3. The van der Waals surface area contributed by atoms with Crippen LogP contribution in [0.2, 0.25) is 0 Å². The summed E-state index contributed by atoms with van der Waals surface area (Å²) in [6.45, 7) is 5.45. The van der Waals surface area contributed by atoms with E-state index < -0.39 is 0 Å². The number of rotatable bonds is 9. The number of carbonyl (C=O) groups is 1. The molecule has 2 rings (SSSR count). The van der Waals surface area contributed by atoms with Crippen molar-refractivity contribution in [2.24, 2.45) is 5.92 Å². The van der Waals surface area contributed by atoms with Crippen LogP contribution in [0.3, 0.4) is 0 Å². The molecule has 0 unspecified atom stereocenters. The van der Waals surface area contributed by atoms with Crippen molar-refractivity contribution in [1.82, 2.24) is 10.2 Å². The quantitative estimate of drug-likeness (QED) is 0.739. The number of hydrogen-bond donors (Lipinski definition) is 1. The number of benzene rings is 2. The number of amides is 1. The molecule has 0 saturated heterocycles. The molecule has 2 aromatic carbocycles. The number of methoxy groups -OCH3 is 1. The fraction of sp³-hybridized carbons (Fsp3) is 0.409. The SMILES string of the molecule is COc1ccc(CN(C)CC(=O)N[C@H](CC(C)C)c2ccccc2)cc1. The van der Waals surface area contributed by atoms with E-state index in [0.29, 0.717) is 12.5 Å². The summed E-state index contributed by atoms with van der Waals surface area (Å²) < 4.78 is 5.18. The number of nitrogens with zero attached hydrogens (tertiary/aromatic N) is 1. The number of ether oxygens (including phenoxy) is 1. The molecule has 1 atom stereocenters. The topological polar surface area (TPSA) is 41.6 Å². The maximum Gasteiger partial charge on any atom is 0.234 e. The van der Waals surface area contributed by atoms with Crippen molar-refractivity contribution < 1.29 is 9.53 Å². The van der Waals surface area contributed by atoms with Gasteiger partial charge in [-0.15, -0.1) is 0 Å². The lowest BCUT2D eigenvalue weighted by Gasteiger charge is -2.23. The van der Waals surface area contributed by atoms with E-state index in [2.05, 4.69) is 31.3 Å². The van der Waals surface area contributed by atoms with Gasteiger partial charge in [-0.3, -0.25) is 9.69 Å². The van der Waals surface area contributed by atoms with Crippen molar-refractivity contribution in [2.75, 3.05) is 20.7 Å². The molecule has 0 heterocycles. The first-order valence-electron chi connectivity index (χ1n) is 9.13. The predicted molar refractivity (Wildman–Crippen MR) is 106 cm³/mol. The van der Waals surface area contributed by atoms with Crippen molar-refractivity contribution in [3.05, 3.63) is 65.7 Å². The smallest absolute Gasteiger partial charge is 0.234 e. The first-order valence-corrected chi connectivity index (χ1v) is 9.13.